The summed E-state index contributed by atoms with van der Waals surface area (Å²) in [6.07, 6.45) is 1.65. The Morgan fingerprint density at radius 3 is 2.44 bits per heavy atom. The van der Waals surface area contributed by atoms with Crippen LogP contribution in [-0.4, -0.2) is 11.9 Å². The number of hydrogen-bond acceptors (Lipinski definition) is 4. The van der Waals surface area contributed by atoms with E-state index in [0.29, 0.717) is 22.6 Å². The van der Waals surface area contributed by atoms with Gasteiger partial charge in [0.05, 0.1) is 17.3 Å². The summed E-state index contributed by atoms with van der Waals surface area (Å²) in [6, 6.07) is 29.2. The molecule has 5 rings (SSSR count). The van der Waals surface area contributed by atoms with Crippen LogP contribution in [0.3, 0.4) is 0 Å². The minimum atomic E-state index is -0.506. The SMILES string of the molecule is N#Cc1ccccc1COc1ccc2ccccc2c1/C=C1\NC(=O)N(c2ccccc2)C1=O. The zero-order valence-electron chi connectivity index (χ0n) is 18.1. The fraction of sp³-hybridized carbons (Fsp3) is 0.0357. The van der Waals surface area contributed by atoms with E-state index in [1.807, 2.05) is 54.6 Å². The lowest BCUT2D eigenvalue weighted by Gasteiger charge is -2.13. The van der Waals surface area contributed by atoms with Gasteiger partial charge in [0.25, 0.3) is 5.91 Å². The van der Waals surface area contributed by atoms with Gasteiger partial charge in [0.1, 0.15) is 18.1 Å². The highest BCUT2D eigenvalue weighted by atomic mass is 16.5. The van der Waals surface area contributed by atoms with Gasteiger partial charge in [-0.25, -0.2) is 9.69 Å². The fourth-order valence-electron chi connectivity index (χ4n) is 3.95. The second kappa shape index (κ2) is 8.93. The van der Waals surface area contributed by atoms with Gasteiger partial charge in [-0.3, -0.25) is 4.79 Å². The molecule has 0 unspecified atom stereocenters. The molecule has 0 saturated carbocycles. The molecule has 1 aliphatic rings. The number of amides is 3. The predicted molar refractivity (Wildman–Crippen MR) is 130 cm³/mol. The van der Waals surface area contributed by atoms with Crippen LogP contribution in [-0.2, 0) is 11.4 Å². The molecule has 4 aromatic carbocycles. The molecule has 0 radical (unpaired) electrons. The number of fused-ring (bicyclic) bond motifs is 1. The number of nitriles is 1. The van der Waals surface area contributed by atoms with E-state index in [2.05, 4.69) is 11.4 Å². The first-order chi connectivity index (χ1) is 16.7. The first-order valence-corrected chi connectivity index (χ1v) is 10.7. The molecule has 34 heavy (non-hydrogen) atoms. The zero-order valence-corrected chi connectivity index (χ0v) is 18.1. The second-order valence-corrected chi connectivity index (χ2v) is 7.72. The van der Waals surface area contributed by atoms with Crippen molar-refractivity contribution in [2.24, 2.45) is 0 Å². The highest BCUT2D eigenvalue weighted by Crippen LogP contribution is 2.32. The number of nitrogens with zero attached hydrogens (tertiary/aromatic N) is 2. The number of urea groups is 1. The lowest BCUT2D eigenvalue weighted by atomic mass is 10.0. The maximum Gasteiger partial charge on any atom is 0.333 e. The van der Waals surface area contributed by atoms with Gasteiger partial charge >= 0.3 is 6.03 Å². The summed E-state index contributed by atoms with van der Waals surface area (Å²) in [7, 11) is 0. The molecule has 3 amide bonds. The number of ether oxygens (including phenoxy) is 1. The molecule has 1 fully saturated rings. The average Bonchev–Trinajstić information content (AvgIpc) is 3.16. The predicted octanol–water partition coefficient (Wildman–Crippen LogP) is 5.39. The van der Waals surface area contributed by atoms with Crippen LogP contribution in [0.2, 0.25) is 0 Å². The third kappa shape index (κ3) is 3.87. The molecular weight excluding hydrogens is 426 g/mol. The summed E-state index contributed by atoms with van der Waals surface area (Å²) >= 11 is 0. The summed E-state index contributed by atoms with van der Waals surface area (Å²) in [5, 5.41) is 13.9. The third-order valence-electron chi connectivity index (χ3n) is 5.63. The Labute approximate surface area is 196 Å². The van der Waals surface area contributed by atoms with E-state index in [0.717, 1.165) is 21.2 Å². The summed E-state index contributed by atoms with van der Waals surface area (Å²) in [6.45, 7) is 0.189. The van der Waals surface area contributed by atoms with E-state index in [9.17, 15) is 14.9 Å². The van der Waals surface area contributed by atoms with E-state index in [4.69, 9.17) is 4.74 Å². The summed E-state index contributed by atoms with van der Waals surface area (Å²) < 4.78 is 6.12. The van der Waals surface area contributed by atoms with Gasteiger partial charge in [-0.2, -0.15) is 5.26 Å². The van der Waals surface area contributed by atoms with Crippen molar-refractivity contribution in [3.63, 3.8) is 0 Å². The van der Waals surface area contributed by atoms with Crippen molar-refractivity contribution in [1.29, 1.82) is 5.26 Å². The lowest BCUT2D eigenvalue weighted by molar-refractivity contribution is -0.113. The first-order valence-electron chi connectivity index (χ1n) is 10.7. The minimum Gasteiger partial charge on any atom is -0.488 e. The number of hydrogen-bond donors (Lipinski definition) is 1. The summed E-state index contributed by atoms with van der Waals surface area (Å²) in [4.78, 5) is 26.8. The number of nitrogens with one attached hydrogen (secondary N) is 1. The van der Waals surface area contributed by atoms with Crippen molar-refractivity contribution in [2.45, 2.75) is 6.61 Å². The second-order valence-electron chi connectivity index (χ2n) is 7.72. The van der Waals surface area contributed by atoms with Crippen molar-refractivity contribution in [3.8, 4) is 11.8 Å². The van der Waals surface area contributed by atoms with Crippen LogP contribution in [0.5, 0.6) is 5.75 Å². The number of carbonyl (C=O) groups is 2. The number of anilines is 1. The molecule has 0 aliphatic carbocycles. The highest BCUT2D eigenvalue weighted by Gasteiger charge is 2.35. The van der Waals surface area contributed by atoms with Crippen LogP contribution in [0.15, 0.2) is 96.7 Å². The summed E-state index contributed by atoms with van der Waals surface area (Å²) in [5.74, 6) is 0.101. The minimum absolute atomic E-state index is 0.160. The van der Waals surface area contributed by atoms with Gasteiger partial charge in [-0.05, 0) is 41.1 Å². The molecule has 164 valence electrons. The normalized spacial score (nSPS) is 14.3. The van der Waals surface area contributed by atoms with Crippen LogP contribution >= 0.6 is 0 Å². The van der Waals surface area contributed by atoms with Crippen LogP contribution in [0.25, 0.3) is 16.8 Å². The van der Waals surface area contributed by atoms with Crippen molar-refractivity contribution in [1.82, 2.24) is 5.32 Å². The molecular formula is C28H19N3O3. The Kier molecular flexibility index (Phi) is 5.51. The number of para-hydroxylation sites is 1. The Hall–Kier alpha value is -4.89. The average molecular weight is 445 g/mol. The van der Waals surface area contributed by atoms with Gasteiger partial charge in [-0.15, -0.1) is 0 Å². The maximum absolute atomic E-state index is 13.1. The third-order valence-corrected chi connectivity index (χ3v) is 5.63. The quantitative estimate of drug-likeness (QED) is 0.330. The Morgan fingerprint density at radius 1 is 0.882 bits per heavy atom. The monoisotopic (exact) mass is 445 g/mol. The molecule has 1 heterocycles. The Bertz CT molecular complexity index is 1490. The fourth-order valence-corrected chi connectivity index (χ4v) is 3.95. The Balaban J connectivity index is 1.55. The van der Waals surface area contributed by atoms with E-state index >= 15 is 0 Å². The summed E-state index contributed by atoms with van der Waals surface area (Å²) in [5.41, 5.74) is 2.63. The van der Waals surface area contributed by atoms with Crippen molar-refractivity contribution >= 4 is 34.5 Å². The topological polar surface area (TPSA) is 82.4 Å². The molecule has 6 heteroatoms. The molecule has 0 bridgehead atoms. The Morgan fingerprint density at radius 2 is 1.62 bits per heavy atom. The van der Waals surface area contributed by atoms with Crippen molar-refractivity contribution < 1.29 is 14.3 Å². The van der Waals surface area contributed by atoms with Crippen molar-refractivity contribution in [3.05, 3.63) is 113 Å². The molecule has 0 spiro atoms. The smallest absolute Gasteiger partial charge is 0.333 e. The van der Waals surface area contributed by atoms with E-state index in [1.165, 1.54) is 0 Å². The standard InChI is InChI=1S/C28H19N3O3/c29-17-20-9-4-5-10-21(20)18-34-26-15-14-19-8-6-7-13-23(19)24(26)16-25-27(32)31(28(33)30-25)22-11-2-1-3-12-22/h1-16H,18H2,(H,30,33)/b25-16-. The molecule has 1 N–H and O–H groups in total. The van der Waals surface area contributed by atoms with Gasteiger partial charge in [0.2, 0.25) is 0 Å². The molecule has 1 aliphatic heterocycles. The first kappa shape index (κ1) is 21.0. The number of imide groups is 1. The van der Waals surface area contributed by atoms with Gasteiger partial charge in [-0.1, -0.05) is 66.7 Å². The number of rotatable bonds is 5. The van der Waals surface area contributed by atoms with E-state index < -0.39 is 11.9 Å². The van der Waals surface area contributed by atoms with Crippen LogP contribution in [0.4, 0.5) is 10.5 Å². The van der Waals surface area contributed by atoms with Crippen LogP contribution in [0, 0.1) is 11.3 Å². The van der Waals surface area contributed by atoms with Gasteiger partial charge < -0.3 is 10.1 Å². The zero-order chi connectivity index (χ0) is 23.5. The van der Waals surface area contributed by atoms with E-state index in [-0.39, 0.29) is 12.3 Å². The maximum atomic E-state index is 13.1. The molecule has 0 aromatic heterocycles. The lowest BCUT2D eigenvalue weighted by Crippen LogP contribution is -2.30. The van der Waals surface area contributed by atoms with E-state index in [1.54, 1.807) is 42.5 Å². The largest absolute Gasteiger partial charge is 0.488 e. The molecule has 0 atom stereocenters. The van der Waals surface area contributed by atoms with Crippen molar-refractivity contribution in [2.75, 3.05) is 4.90 Å². The molecule has 6 nitrogen and oxygen atoms in total. The number of benzene rings is 4. The van der Waals surface area contributed by atoms with Gasteiger partial charge in [0.15, 0.2) is 0 Å². The van der Waals surface area contributed by atoms with Crippen LogP contribution < -0.4 is 15.0 Å². The number of carbonyl (C=O) groups excluding carboxylic acids is 2. The molecule has 1 saturated heterocycles. The van der Waals surface area contributed by atoms with Crippen LogP contribution in [0.1, 0.15) is 16.7 Å². The van der Waals surface area contributed by atoms with Gasteiger partial charge in [0, 0.05) is 11.1 Å². The highest BCUT2D eigenvalue weighted by molar-refractivity contribution is 6.28. The molecule has 4 aromatic rings.